The minimum atomic E-state index is -0.0913. The number of halogens is 1. The summed E-state index contributed by atoms with van der Waals surface area (Å²) < 4.78 is 5.87. The van der Waals surface area contributed by atoms with Gasteiger partial charge in [0.2, 0.25) is 11.8 Å². The van der Waals surface area contributed by atoms with Crippen LogP contribution in [0.5, 0.6) is 0 Å². The zero-order valence-corrected chi connectivity index (χ0v) is 20.2. The number of amides is 2. The van der Waals surface area contributed by atoms with E-state index in [9.17, 15) is 9.59 Å². The molecule has 3 aliphatic carbocycles. The summed E-state index contributed by atoms with van der Waals surface area (Å²) in [6.45, 7) is 2.76. The molecule has 2 N–H and O–H groups in total. The average Bonchev–Trinajstić information content (AvgIpc) is 3.50. The summed E-state index contributed by atoms with van der Waals surface area (Å²) >= 11 is 0. The molecule has 2 saturated carbocycles. The van der Waals surface area contributed by atoms with Gasteiger partial charge in [0.25, 0.3) is 0 Å². The molecule has 4 rings (SSSR count). The number of hydrogen-bond donors (Lipinski definition) is 2. The lowest BCUT2D eigenvalue weighted by atomic mass is 9.85. The van der Waals surface area contributed by atoms with E-state index >= 15 is 0 Å². The van der Waals surface area contributed by atoms with Crippen molar-refractivity contribution in [2.75, 3.05) is 33.3 Å². The molecule has 4 aliphatic rings. The maximum absolute atomic E-state index is 12.7. The maximum atomic E-state index is 12.7. The van der Waals surface area contributed by atoms with Crippen LogP contribution in [0.3, 0.4) is 0 Å². The number of fused-ring (bicyclic) bond motifs is 5. The SMILES string of the molecule is CN=C(NCCCOC1CCCC1)NCCCN1C(=O)C2C3C=CC(C3)C2C1=O.I. The molecule has 1 saturated heterocycles. The van der Waals surface area contributed by atoms with Crippen molar-refractivity contribution >= 4 is 41.8 Å². The van der Waals surface area contributed by atoms with Crippen LogP contribution < -0.4 is 10.6 Å². The first kappa shape index (κ1) is 23.5. The van der Waals surface area contributed by atoms with Gasteiger partial charge in [-0.15, -0.1) is 24.0 Å². The highest BCUT2D eigenvalue weighted by Gasteiger charge is 2.58. The predicted molar refractivity (Wildman–Crippen MR) is 127 cm³/mol. The number of likely N-dealkylation sites (tertiary alicyclic amines) is 1. The molecule has 7 nitrogen and oxygen atoms in total. The minimum absolute atomic E-state index is 0. The quantitative estimate of drug-likeness (QED) is 0.119. The van der Waals surface area contributed by atoms with Gasteiger partial charge in [-0.05, 0) is 43.9 Å². The molecule has 3 fully saturated rings. The van der Waals surface area contributed by atoms with Gasteiger partial charge < -0.3 is 15.4 Å². The van der Waals surface area contributed by atoms with Crippen molar-refractivity contribution in [2.45, 2.75) is 51.0 Å². The van der Waals surface area contributed by atoms with Gasteiger partial charge in [-0.1, -0.05) is 25.0 Å². The van der Waals surface area contributed by atoms with Crippen molar-refractivity contribution in [1.82, 2.24) is 15.5 Å². The third-order valence-electron chi connectivity index (χ3n) is 6.91. The first-order chi connectivity index (χ1) is 14.2. The van der Waals surface area contributed by atoms with Crippen LogP contribution in [0.25, 0.3) is 0 Å². The van der Waals surface area contributed by atoms with E-state index in [0.29, 0.717) is 19.2 Å². The Labute approximate surface area is 196 Å². The number of aliphatic imine (C=N–C) groups is 1. The number of rotatable bonds is 9. The standard InChI is InChI=1S/C22H34N4O3.HI/c1-23-22(25-11-5-13-29-17-6-2-3-7-17)24-10-4-12-26-20(27)18-15-8-9-16(14-15)19(18)21(26)28;/h8-9,15-19H,2-7,10-14H2,1H3,(H2,23,24,25);1H. The Kier molecular flexibility index (Phi) is 8.56. The van der Waals surface area contributed by atoms with Crippen LogP contribution in [0.2, 0.25) is 0 Å². The van der Waals surface area contributed by atoms with Gasteiger partial charge in [-0.25, -0.2) is 0 Å². The third-order valence-corrected chi connectivity index (χ3v) is 6.91. The Morgan fingerprint density at radius 1 is 1.07 bits per heavy atom. The average molecular weight is 530 g/mol. The second kappa shape index (κ2) is 10.9. The van der Waals surface area contributed by atoms with E-state index in [2.05, 4.69) is 27.8 Å². The molecule has 0 radical (unpaired) electrons. The maximum Gasteiger partial charge on any atom is 0.233 e. The molecule has 0 aromatic heterocycles. The molecule has 4 atom stereocenters. The zero-order valence-electron chi connectivity index (χ0n) is 17.8. The van der Waals surface area contributed by atoms with Crippen LogP contribution in [-0.4, -0.2) is 62.1 Å². The Balaban J connectivity index is 0.00000256. The largest absolute Gasteiger partial charge is 0.378 e. The lowest BCUT2D eigenvalue weighted by molar-refractivity contribution is -0.140. The molecule has 1 aliphatic heterocycles. The molecular formula is C22H35IN4O3. The van der Waals surface area contributed by atoms with Crippen LogP contribution in [-0.2, 0) is 14.3 Å². The lowest BCUT2D eigenvalue weighted by Crippen LogP contribution is -2.40. The fraction of sp³-hybridized carbons (Fsp3) is 0.773. The van der Waals surface area contributed by atoms with Gasteiger partial charge >= 0.3 is 0 Å². The molecule has 168 valence electrons. The monoisotopic (exact) mass is 530 g/mol. The van der Waals surface area contributed by atoms with Crippen molar-refractivity contribution in [3.05, 3.63) is 12.2 Å². The summed E-state index contributed by atoms with van der Waals surface area (Å²) in [7, 11) is 1.75. The summed E-state index contributed by atoms with van der Waals surface area (Å²) in [4.78, 5) is 31.1. The zero-order chi connectivity index (χ0) is 20.2. The van der Waals surface area contributed by atoms with E-state index in [1.54, 1.807) is 7.05 Å². The molecule has 4 unspecified atom stereocenters. The minimum Gasteiger partial charge on any atom is -0.378 e. The Bertz CT molecular complexity index is 647. The number of nitrogens with one attached hydrogen (secondary N) is 2. The second-order valence-electron chi connectivity index (χ2n) is 8.74. The highest BCUT2D eigenvalue weighted by Crippen LogP contribution is 2.52. The highest BCUT2D eigenvalue weighted by molar-refractivity contribution is 14.0. The predicted octanol–water partition coefficient (Wildman–Crippen LogP) is 2.32. The molecule has 8 heteroatoms. The van der Waals surface area contributed by atoms with Crippen molar-refractivity contribution < 1.29 is 14.3 Å². The topological polar surface area (TPSA) is 83.0 Å². The van der Waals surface area contributed by atoms with Crippen LogP contribution in [0, 0.1) is 23.7 Å². The fourth-order valence-corrected chi connectivity index (χ4v) is 5.43. The van der Waals surface area contributed by atoms with Crippen LogP contribution in [0.15, 0.2) is 17.1 Å². The summed E-state index contributed by atoms with van der Waals surface area (Å²) in [5.41, 5.74) is 0. The van der Waals surface area contributed by atoms with E-state index in [0.717, 1.165) is 38.4 Å². The Morgan fingerprint density at radius 3 is 2.27 bits per heavy atom. The van der Waals surface area contributed by atoms with Gasteiger partial charge in [-0.2, -0.15) is 0 Å². The first-order valence-corrected chi connectivity index (χ1v) is 11.3. The molecule has 30 heavy (non-hydrogen) atoms. The number of imide groups is 1. The molecule has 1 heterocycles. The Morgan fingerprint density at radius 2 is 1.67 bits per heavy atom. The molecule has 0 aromatic carbocycles. The van der Waals surface area contributed by atoms with Gasteiger partial charge in [-0.3, -0.25) is 19.5 Å². The summed E-state index contributed by atoms with van der Waals surface area (Å²) in [6.07, 6.45) is 12.4. The number of hydrogen-bond acceptors (Lipinski definition) is 4. The number of nitrogens with zero attached hydrogens (tertiary/aromatic N) is 2. The molecule has 2 amide bonds. The van der Waals surface area contributed by atoms with Crippen molar-refractivity contribution in [3.63, 3.8) is 0 Å². The van der Waals surface area contributed by atoms with E-state index in [-0.39, 0.29) is 59.5 Å². The van der Waals surface area contributed by atoms with Crippen LogP contribution in [0.4, 0.5) is 0 Å². The van der Waals surface area contributed by atoms with Crippen molar-refractivity contribution in [2.24, 2.45) is 28.7 Å². The summed E-state index contributed by atoms with van der Waals surface area (Å²) in [6, 6.07) is 0. The summed E-state index contributed by atoms with van der Waals surface area (Å²) in [5, 5.41) is 6.57. The number of guanidine groups is 1. The van der Waals surface area contributed by atoms with Gasteiger partial charge in [0.05, 0.1) is 17.9 Å². The molecular weight excluding hydrogens is 495 g/mol. The smallest absolute Gasteiger partial charge is 0.233 e. The van der Waals surface area contributed by atoms with Crippen molar-refractivity contribution in [3.8, 4) is 0 Å². The van der Waals surface area contributed by atoms with Gasteiger partial charge in [0.15, 0.2) is 5.96 Å². The highest BCUT2D eigenvalue weighted by atomic mass is 127. The first-order valence-electron chi connectivity index (χ1n) is 11.3. The molecule has 0 aromatic rings. The normalized spacial score (nSPS) is 30.2. The third kappa shape index (κ3) is 5.00. The van der Waals surface area contributed by atoms with Gasteiger partial charge in [0.1, 0.15) is 0 Å². The van der Waals surface area contributed by atoms with E-state index < -0.39 is 0 Å². The number of allylic oxidation sites excluding steroid dienone is 2. The number of carbonyl (C=O) groups excluding carboxylic acids is 2. The second-order valence-corrected chi connectivity index (χ2v) is 8.74. The molecule has 2 bridgehead atoms. The van der Waals surface area contributed by atoms with Crippen molar-refractivity contribution in [1.29, 1.82) is 0 Å². The fourth-order valence-electron chi connectivity index (χ4n) is 5.43. The lowest BCUT2D eigenvalue weighted by Gasteiger charge is -2.18. The van der Waals surface area contributed by atoms with E-state index in [1.165, 1.54) is 30.6 Å². The molecule has 0 spiro atoms. The number of carbonyl (C=O) groups is 2. The Hall–Kier alpha value is -1.16. The van der Waals surface area contributed by atoms with Gasteiger partial charge in [0, 0.05) is 33.3 Å². The van der Waals surface area contributed by atoms with Crippen LogP contribution >= 0.6 is 24.0 Å². The summed E-state index contributed by atoms with van der Waals surface area (Å²) in [5.74, 6) is 1.22. The van der Waals surface area contributed by atoms with Crippen LogP contribution in [0.1, 0.15) is 44.9 Å². The number of ether oxygens (including phenoxy) is 1. The van der Waals surface area contributed by atoms with E-state index in [4.69, 9.17) is 4.74 Å². The van der Waals surface area contributed by atoms with E-state index in [1.807, 2.05) is 0 Å².